The highest BCUT2D eigenvalue weighted by Crippen LogP contribution is 2.25. The lowest BCUT2D eigenvalue weighted by atomic mass is 10.2. The molecule has 1 aromatic heterocycles. The van der Waals surface area contributed by atoms with Gasteiger partial charge in [0.05, 0.1) is 6.54 Å². The Bertz CT molecular complexity index is 717. The Morgan fingerprint density at radius 3 is 2.89 bits per heavy atom. The first-order valence-electron chi connectivity index (χ1n) is 9.59. The molecule has 2 aromatic rings. The maximum Gasteiger partial charge on any atom is 0.218 e. The number of thioether (sulfide) groups is 1. The number of aliphatic imine (C=N–C) groups is 1. The van der Waals surface area contributed by atoms with E-state index in [-0.39, 0.29) is 0 Å². The Kier molecular flexibility index (Phi) is 7.84. The van der Waals surface area contributed by atoms with Crippen LogP contribution in [-0.2, 0) is 13.2 Å². The maximum absolute atomic E-state index is 5.93. The molecule has 0 radical (unpaired) electrons. The number of rotatable bonds is 8. The number of nitrogens with one attached hydrogen (secondary N) is 2. The molecule has 0 spiro atoms. The van der Waals surface area contributed by atoms with Crippen LogP contribution in [-0.4, -0.2) is 35.0 Å². The van der Waals surface area contributed by atoms with Crippen molar-refractivity contribution in [3.63, 3.8) is 0 Å². The van der Waals surface area contributed by atoms with Crippen LogP contribution in [0.25, 0.3) is 0 Å². The Hall–Kier alpha value is -2.21. The van der Waals surface area contributed by atoms with E-state index in [9.17, 15) is 0 Å². The lowest BCUT2D eigenvalue weighted by molar-refractivity contribution is 0.290. The van der Waals surface area contributed by atoms with Gasteiger partial charge in [-0.15, -0.1) is 0 Å². The summed E-state index contributed by atoms with van der Waals surface area (Å²) in [5.41, 5.74) is 2.11. The van der Waals surface area contributed by atoms with Crippen LogP contribution in [0, 0.1) is 0 Å². The lowest BCUT2D eigenvalue weighted by Gasteiger charge is -2.15. The zero-order chi connectivity index (χ0) is 18.7. The van der Waals surface area contributed by atoms with E-state index in [2.05, 4.69) is 34.7 Å². The van der Waals surface area contributed by atoms with Crippen molar-refractivity contribution in [2.24, 2.45) is 4.99 Å². The summed E-state index contributed by atoms with van der Waals surface area (Å²) in [6, 6.07) is 14.1. The van der Waals surface area contributed by atoms with Gasteiger partial charge in [-0.25, -0.2) is 9.98 Å². The highest BCUT2D eigenvalue weighted by atomic mass is 32.2. The minimum Gasteiger partial charge on any atom is -0.473 e. The van der Waals surface area contributed by atoms with Crippen molar-refractivity contribution in [2.75, 3.05) is 18.8 Å². The highest BCUT2D eigenvalue weighted by Gasteiger charge is 2.15. The van der Waals surface area contributed by atoms with Crippen LogP contribution in [0.4, 0.5) is 0 Å². The third kappa shape index (κ3) is 6.47. The van der Waals surface area contributed by atoms with Crippen LogP contribution in [0.1, 0.15) is 30.9 Å². The number of nitrogens with zero attached hydrogens (tertiary/aromatic N) is 2. The number of aromatic nitrogens is 1. The molecular formula is C21H28N4OS. The predicted molar refractivity (Wildman–Crippen MR) is 113 cm³/mol. The SMILES string of the molecule is CCNC(=NCc1cccnc1OCc1ccccc1)NCC1CCCS1. The molecule has 0 aliphatic carbocycles. The second-order valence-electron chi connectivity index (χ2n) is 6.45. The summed E-state index contributed by atoms with van der Waals surface area (Å²) in [4.78, 5) is 9.12. The van der Waals surface area contributed by atoms with Crippen molar-refractivity contribution in [1.82, 2.24) is 15.6 Å². The van der Waals surface area contributed by atoms with E-state index in [1.54, 1.807) is 6.20 Å². The zero-order valence-corrected chi connectivity index (χ0v) is 16.7. The first-order chi connectivity index (χ1) is 13.3. The van der Waals surface area contributed by atoms with Gasteiger partial charge in [0, 0.05) is 30.1 Å². The summed E-state index contributed by atoms with van der Waals surface area (Å²) in [5.74, 6) is 2.77. The third-order valence-electron chi connectivity index (χ3n) is 4.34. The largest absolute Gasteiger partial charge is 0.473 e. The average Bonchev–Trinajstić information content (AvgIpc) is 3.23. The Labute approximate surface area is 166 Å². The number of hydrogen-bond acceptors (Lipinski definition) is 4. The fourth-order valence-corrected chi connectivity index (χ4v) is 4.12. The summed E-state index contributed by atoms with van der Waals surface area (Å²) in [6.07, 6.45) is 4.37. The Morgan fingerprint density at radius 1 is 1.22 bits per heavy atom. The van der Waals surface area contributed by atoms with Gasteiger partial charge in [-0.1, -0.05) is 36.4 Å². The molecule has 2 heterocycles. The van der Waals surface area contributed by atoms with Gasteiger partial charge in [0.25, 0.3) is 0 Å². The van der Waals surface area contributed by atoms with E-state index in [0.717, 1.165) is 30.2 Å². The molecule has 0 amide bonds. The Morgan fingerprint density at radius 2 is 2.11 bits per heavy atom. The molecule has 1 unspecified atom stereocenters. The molecule has 1 fully saturated rings. The van der Waals surface area contributed by atoms with E-state index >= 15 is 0 Å². The number of benzene rings is 1. The van der Waals surface area contributed by atoms with Gasteiger partial charge in [-0.3, -0.25) is 0 Å². The molecule has 0 saturated carbocycles. The average molecular weight is 385 g/mol. The van der Waals surface area contributed by atoms with Gasteiger partial charge in [-0.05, 0) is 37.1 Å². The van der Waals surface area contributed by atoms with Crippen molar-refractivity contribution in [1.29, 1.82) is 0 Å². The smallest absolute Gasteiger partial charge is 0.218 e. The molecule has 0 bridgehead atoms. The summed E-state index contributed by atoms with van der Waals surface area (Å²) in [5, 5.41) is 7.48. The standard InChI is InChI=1S/C21H28N4OS/c1-2-22-21(25-15-19-11-7-13-27-19)24-14-18-10-6-12-23-20(18)26-16-17-8-4-3-5-9-17/h3-6,8-10,12,19H,2,7,11,13-16H2,1H3,(H2,22,24,25). The van der Waals surface area contributed by atoms with Gasteiger partial charge in [-0.2, -0.15) is 11.8 Å². The fourth-order valence-electron chi connectivity index (χ4n) is 2.92. The minimum atomic E-state index is 0.506. The van der Waals surface area contributed by atoms with Crippen molar-refractivity contribution in [3.05, 3.63) is 59.8 Å². The van der Waals surface area contributed by atoms with E-state index in [1.165, 1.54) is 18.6 Å². The van der Waals surface area contributed by atoms with Gasteiger partial charge in [0.15, 0.2) is 5.96 Å². The van der Waals surface area contributed by atoms with Gasteiger partial charge in [0.1, 0.15) is 6.61 Å². The minimum absolute atomic E-state index is 0.506. The predicted octanol–water partition coefficient (Wildman–Crippen LogP) is 3.61. The molecule has 3 rings (SSSR count). The van der Waals surface area contributed by atoms with Crippen LogP contribution >= 0.6 is 11.8 Å². The van der Waals surface area contributed by atoms with E-state index < -0.39 is 0 Å². The van der Waals surface area contributed by atoms with E-state index in [0.29, 0.717) is 24.3 Å². The van der Waals surface area contributed by atoms with Crippen LogP contribution in [0.3, 0.4) is 0 Å². The highest BCUT2D eigenvalue weighted by molar-refractivity contribution is 8.00. The quantitative estimate of drug-likeness (QED) is 0.538. The summed E-state index contributed by atoms with van der Waals surface area (Å²) < 4.78 is 5.93. The maximum atomic E-state index is 5.93. The first-order valence-corrected chi connectivity index (χ1v) is 10.6. The summed E-state index contributed by atoms with van der Waals surface area (Å²) in [7, 11) is 0. The van der Waals surface area contributed by atoms with Crippen LogP contribution in [0.2, 0.25) is 0 Å². The summed E-state index contributed by atoms with van der Waals surface area (Å²) in [6.45, 7) is 4.92. The van der Waals surface area contributed by atoms with Gasteiger partial charge in [0.2, 0.25) is 5.88 Å². The van der Waals surface area contributed by atoms with Crippen LogP contribution in [0.5, 0.6) is 5.88 Å². The van der Waals surface area contributed by atoms with Crippen molar-refractivity contribution < 1.29 is 4.74 Å². The molecule has 2 N–H and O–H groups in total. The van der Waals surface area contributed by atoms with Crippen molar-refractivity contribution in [3.8, 4) is 5.88 Å². The monoisotopic (exact) mass is 384 g/mol. The van der Waals surface area contributed by atoms with Crippen LogP contribution < -0.4 is 15.4 Å². The number of pyridine rings is 1. The lowest BCUT2D eigenvalue weighted by Crippen LogP contribution is -2.40. The molecule has 6 heteroatoms. The molecule has 144 valence electrons. The molecular weight excluding hydrogens is 356 g/mol. The molecule has 1 saturated heterocycles. The molecule has 1 aliphatic rings. The molecule has 1 aliphatic heterocycles. The van der Waals surface area contributed by atoms with E-state index in [4.69, 9.17) is 9.73 Å². The fraction of sp³-hybridized carbons (Fsp3) is 0.429. The van der Waals surface area contributed by atoms with Crippen molar-refractivity contribution >= 4 is 17.7 Å². The summed E-state index contributed by atoms with van der Waals surface area (Å²) >= 11 is 2.05. The van der Waals surface area contributed by atoms with Gasteiger partial charge < -0.3 is 15.4 Å². The van der Waals surface area contributed by atoms with Crippen LogP contribution in [0.15, 0.2) is 53.7 Å². The second-order valence-corrected chi connectivity index (χ2v) is 7.86. The number of guanidine groups is 1. The van der Waals surface area contributed by atoms with Crippen molar-refractivity contribution in [2.45, 2.75) is 38.2 Å². The third-order valence-corrected chi connectivity index (χ3v) is 5.74. The van der Waals surface area contributed by atoms with Gasteiger partial charge >= 0.3 is 0 Å². The first kappa shape index (κ1) is 19.5. The van der Waals surface area contributed by atoms with E-state index in [1.807, 2.05) is 42.1 Å². The second kappa shape index (κ2) is 10.8. The normalized spacial score (nSPS) is 16.9. The number of ether oxygens (including phenoxy) is 1. The molecule has 1 atom stereocenters. The topological polar surface area (TPSA) is 58.5 Å². The molecule has 5 nitrogen and oxygen atoms in total. The Balaban J connectivity index is 1.59. The molecule has 1 aromatic carbocycles. The molecule has 27 heavy (non-hydrogen) atoms. The zero-order valence-electron chi connectivity index (χ0n) is 15.9. The number of hydrogen-bond donors (Lipinski definition) is 2.